The first-order chi connectivity index (χ1) is 16.8. The minimum Gasteiger partial charge on any atom is -0.497 e. The Bertz CT molecular complexity index is 907. The van der Waals surface area contributed by atoms with Crippen LogP contribution < -0.4 is 19.5 Å². The number of amides is 1. The van der Waals surface area contributed by atoms with Crippen LogP contribution in [-0.2, 0) is 4.79 Å². The topological polar surface area (TPSA) is 80.3 Å². The van der Waals surface area contributed by atoms with E-state index in [0.717, 1.165) is 5.75 Å². The summed E-state index contributed by atoms with van der Waals surface area (Å²) in [6, 6.07) is 13.9. The first-order valence-corrected chi connectivity index (χ1v) is 12.2. The fourth-order valence-electron chi connectivity index (χ4n) is 4.08. The van der Waals surface area contributed by atoms with Crippen LogP contribution in [0.25, 0.3) is 0 Å². The van der Waals surface area contributed by atoms with Gasteiger partial charge in [0.25, 0.3) is 0 Å². The lowest BCUT2D eigenvalue weighted by atomic mass is 10.0. The maximum absolute atomic E-state index is 13.7. The zero-order valence-electron chi connectivity index (χ0n) is 20.8. The molecule has 2 aromatic carbocycles. The zero-order valence-corrected chi connectivity index (χ0v) is 20.8. The standard InChI is InChI=1S/C27H37FN2O5/c1-19(2)35-24-8-6-20(7-9-24)27(32)25(18-30-15-14-21(28)17-30)29-26(31)5-4-16-34-23-12-10-22(33-3)11-13-23/h6-13,19,21,25,27,32H,4-5,14-18H2,1-3H3,(H,29,31)/t21-,25-,27-/m1/s1. The molecule has 1 aliphatic rings. The summed E-state index contributed by atoms with van der Waals surface area (Å²) < 4.78 is 30.2. The van der Waals surface area contributed by atoms with E-state index in [4.69, 9.17) is 14.2 Å². The van der Waals surface area contributed by atoms with Gasteiger partial charge >= 0.3 is 0 Å². The summed E-state index contributed by atoms with van der Waals surface area (Å²) in [4.78, 5) is 14.6. The van der Waals surface area contributed by atoms with Crippen molar-refractivity contribution in [2.75, 3.05) is 33.4 Å². The average molecular weight is 489 g/mol. The van der Waals surface area contributed by atoms with Crippen LogP contribution in [0.3, 0.4) is 0 Å². The van der Waals surface area contributed by atoms with Gasteiger partial charge in [-0.3, -0.25) is 9.69 Å². The number of nitrogens with zero attached hydrogens (tertiary/aromatic N) is 1. The van der Waals surface area contributed by atoms with Crippen LogP contribution in [0.5, 0.6) is 17.2 Å². The molecule has 0 radical (unpaired) electrons. The Morgan fingerprint density at radius 1 is 1.11 bits per heavy atom. The van der Waals surface area contributed by atoms with Gasteiger partial charge in [0.2, 0.25) is 5.91 Å². The molecule has 1 amide bonds. The monoisotopic (exact) mass is 488 g/mol. The van der Waals surface area contributed by atoms with Crippen LogP contribution >= 0.6 is 0 Å². The van der Waals surface area contributed by atoms with Gasteiger partial charge in [-0.2, -0.15) is 0 Å². The molecule has 0 unspecified atom stereocenters. The third-order valence-electron chi connectivity index (χ3n) is 5.87. The Morgan fingerprint density at radius 3 is 2.37 bits per heavy atom. The highest BCUT2D eigenvalue weighted by atomic mass is 19.1. The lowest BCUT2D eigenvalue weighted by Gasteiger charge is -2.29. The van der Waals surface area contributed by atoms with E-state index in [1.54, 1.807) is 31.4 Å². The van der Waals surface area contributed by atoms with Gasteiger partial charge in [-0.05, 0) is 68.7 Å². The number of hydrogen-bond acceptors (Lipinski definition) is 6. The predicted molar refractivity (Wildman–Crippen MR) is 133 cm³/mol. The number of halogens is 1. The predicted octanol–water partition coefficient (Wildman–Crippen LogP) is 3.90. The third kappa shape index (κ3) is 8.71. The molecule has 1 heterocycles. The van der Waals surface area contributed by atoms with Crippen LogP contribution in [-0.4, -0.2) is 67.6 Å². The Labute approximate surface area is 207 Å². The number of aliphatic hydroxyl groups is 1. The molecule has 0 aromatic heterocycles. The molecular weight excluding hydrogens is 451 g/mol. The van der Waals surface area contributed by atoms with Crippen LogP contribution in [0, 0.1) is 0 Å². The second-order valence-corrected chi connectivity index (χ2v) is 9.13. The van der Waals surface area contributed by atoms with Gasteiger partial charge in [0.1, 0.15) is 29.5 Å². The van der Waals surface area contributed by atoms with Crippen molar-refractivity contribution in [2.45, 2.75) is 57.5 Å². The molecule has 0 bridgehead atoms. The summed E-state index contributed by atoms with van der Waals surface area (Å²) in [5.41, 5.74) is 0.672. The van der Waals surface area contributed by atoms with Crippen molar-refractivity contribution in [1.82, 2.24) is 10.2 Å². The fourth-order valence-corrected chi connectivity index (χ4v) is 4.08. The van der Waals surface area contributed by atoms with Crippen molar-refractivity contribution in [1.29, 1.82) is 0 Å². The minimum absolute atomic E-state index is 0.0512. The molecule has 2 N–H and O–H groups in total. The van der Waals surface area contributed by atoms with Gasteiger partial charge in [0, 0.05) is 26.1 Å². The summed E-state index contributed by atoms with van der Waals surface area (Å²) in [5, 5.41) is 14.0. The van der Waals surface area contributed by atoms with E-state index in [2.05, 4.69) is 5.32 Å². The van der Waals surface area contributed by atoms with Crippen molar-refractivity contribution < 1.29 is 28.5 Å². The molecule has 2 aromatic rings. The van der Waals surface area contributed by atoms with Gasteiger partial charge in [-0.25, -0.2) is 4.39 Å². The maximum atomic E-state index is 13.7. The van der Waals surface area contributed by atoms with E-state index in [1.807, 2.05) is 43.0 Å². The molecule has 0 spiro atoms. The fraction of sp³-hybridized carbons (Fsp3) is 0.519. The molecule has 1 aliphatic heterocycles. The molecule has 0 saturated carbocycles. The second-order valence-electron chi connectivity index (χ2n) is 9.13. The number of ether oxygens (including phenoxy) is 3. The SMILES string of the molecule is COc1ccc(OCCCC(=O)N[C@H](CN2CC[C@@H](F)C2)[C@H](O)c2ccc(OC(C)C)cc2)cc1. The van der Waals surface area contributed by atoms with Crippen molar-refractivity contribution in [3.8, 4) is 17.2 Å². The highest BCUT2D eigenvalue weighted by Crippen LogP contribution is 2.23. The number of nitrogens with one attached hydrogen (secondary N) is 1. The van der Waals surface area contributed by atoms with Gasteiger partial charge < -0.3 is 24.6 Å². The van der Waals surface area contributed by atoms with Gasteiger partial charge in [-0.1, -0.05) is 12.1 Å². The average Bonchev–Trinajstić information content (AvgIpc) is 3.26. The number of alkyl halides is 1. The third-order valence-corrected chi connectivity index (χ3v) is 5.87. The minimum atomic E-state index is -0.929. The quantitative estimate of drug-likeness (QED) is 0.416. The molecule has 35 heavy (non-hydrogen) atoms. The molecule has 0 aliphatic carbocycles. The van der Waals surface area contributed by atoms with E-state index in [0.29, 0.717) is 56.1 Å². The molecule has 3 atom stereocenters. The van der Waals surface area contributed by atoms with E-state index >= 15 is 0 Å². The first-order valence-electron chi connectivity index (χ1n) is 12.2. The maximum Gasteiger partial charge on any atom is 0.220 e. The number of benzene rings is 2. The molecule has 8 heteroatoms. The van der Waals surface area contributed by atoms with Crippen LogP contribution in [0.4, 0.5) is 4.39 Å². The summed E-state index contributed by atoms with van der Waals surface area (Å²) in [6.07, 6.45) is -0.492. The lowest BCUT2D eigenvalue weighted by molar-refractivity contribution is -0.123. The largest absolute Gasteiger partial charge is 0.497 e. The van der Waals surface area contributed by atoms with Crippen molar-refractivity contribution in [3.63, 3.8) is 0 Å². The summed E-state index contributed by atoms with van der Waals surface area (Å²) in [6.45, 7) is 5.59. The van der Waals surface area contributed by atoms with Gasteiger partial charge in [0.05, 0.1) is 25.9 Å². The molecule has 1 fully saturated rings. The van der Waals surface area contributed by atoms with E-state index < -0.39 is 18.3 Å². The number of carbonyl (C=O) groups excluding carboxylic acids is 1. The molecule has 1 saturated heterocycles. The van der Waals surface area contributed by atoms with Crippen LogP contribution in [0.1, 0.15) is 44.8 Å². The smallest absolute Gasteiger partial charge is 0.220 e. The molecule has 3 rings (SSSR count). The highest BCUT2D eigenvalue weighted by molar-refractivity contribution is 5.76. The number of rotatable bonds is 13. The van der Waals surface area contributed by atoms with Gasteiger partial charge in [0.15, 0.2) is 0 Å². The normalized spacial score (nSPS) is 17.7. The number of carbonyl (C=O) groups is 1. The molecule has 7 nitrogen and oxygen atoms in total. The van der Waals surface area contributed by atoms with E-state index in [9.17, 15) is 14.3 Å². The van der Waals surface area contributed by atoms with Crippen molar-refractivity contribution >= 4 is 5.91 Å². The van der Waals surface area contributed by atoms with Crippen LogP contribution in [0.2, 0.25) is 0 Å². The van der Waals surface area contributed by atoms with E-state index in [-0.39, 0.29) is 18.4 Å². The summed E-state index contributed by atoms with van der Waals surface area (Å²) >= 11 is 0. The number of likely N-dealkylation sites (tertiary alicyclic amines) is 1. The van der Waals surface area contributed by atoms with Crippen molar-refractivity contribution in [2.24, 2.45) is 0 Å². The number of aliphatic hydroxyl groups excluding tert-OH is 1. The van der Waals surface area contributed by atoms with Crippen molar-refractivity contribution in [3.05, 3.63) is 54.1 Å². The Balaban J connectivity index is 1.54. The Morgan fingerprint density at radius 2 is 1.77 bits per heavy atom. The number of methoxy groups -OCH3 is 1. The number of hydrogen-bond donors (Lipinski definition) is 2. The first kappa shape index (κ1) is 26.8. The lowest BCUT2D eigenvalue weighted by Crippen LogP contribution is -2.47. The second kappa shape index (κ2) is 13.3. The van der Waals surface area contributed by atoms with Crippen LogP contribution in [0.15, 0.2) is 48.5 Å². The summed E-state index contributed by atoms with van der Waals surface area (Å²) in [5.74, 6) is 2.00. The Kier molecular flexibility index (Phi) is 10.2. The molecule has 192 valence electrons. The highest BCUT2D eigenvalue weighted by Gasteiger charge is 2.29. The summed E-state index contributed by atoms with van der Waals surface area (Å²) in [7, 11) is 1.61. The zero-order chi connectivity index (χ0) is 25.2. The van der Waals surface area contributed by atoms with Gasteiger partial charge in [-0.15, -0.1) is 0 Å². The molecular formula is C27H37FN2O5. The van der Waals surface area contributed by atoms with E-state index in [1.165, 1.54) is 0 Å². The Hall–Kier alpha value is -2.84.